The third kappa shape index (κ3) is 2.19. The molecule has 1 heterocycles. The number of morpholine rings is 1. The molecule has 0 radical (unpaired) electrons. The summed E-state index contributed by atoms with van der Waals surface area (Å²) >= 11 is 0. The van der Waals surface area contributed by atoms with E-state index < -0.39 is 0 Å². The van der Waals surface area contributed by atoms with Crippen molar-refractivity contribution in [3.05, 3.63) is 0 Å². The van der Waals surface area contributed by atoms with Crippen LogP contribution in [-0.2, 0) is 14.3 Å². The van der Waals surface area contributed by atoms with Gasteiger partial charge >= 0.3 is 5.97 Å². The number of halogens is 1. The quantitative estimate of drug-likeness (QED) is 0.650. The number of fused-ring (bicyclic) bond motifs is 1. The summed E-state index contributed by atoms with van der Waals surface area (Å²) in [5.74, 6) is -0.0644. The molecule has 1 saturated carbocycles. The predicted octanol–water partition coefficient (Wildman–Crippen LogP) is 0.348. The monoisotopic (exact) mass is 221 g/mol. The number of nitrogens with one attached hydrogen (secondary N) is 1. The highest BCUT2D eigenvalue weighted by Crippen LogP contribution is 2.30. The zero-order valence-corrected chi connectivity index (χ0v) is 9.01. The smallest absolute Gasteiger partial charge is 0.308 e. The molecule has 0 aromatic heterocycles. The lowest BCUT2D eigenvalue weighted by Gasteiger charge is -2.26. The van der Waals surface area contributed by atoms with E-state index in [4.69, 9.17) is 9.47 Å². The summed E-state index contributed by atoms with van der Waals surface area (Å²) in [6, 6.07) is 0.359. The molecule has 0 bridgehead atoms. The summed E-state index contributed by atoms with van der Waals surface area (Å²) in [7, 11) is 1.44. The lowest BCUT2D eigenvalue weighted by molar-refractivity contribution is -0.145. The number of hydrogen-bond donors (Lipinski definition) is 1. The Labute approximate surface area is 89.7 Å². The minimum atomic E-state index is -0.0974. The third-order valence-corrected chi connectivity index (χ3v) is 2.88. The van der Waals surface area contributed by atoms with Gasteiger partial charge in [0.2, 0.25) is 0 Å². The second kappa shape index (κ2) is 4.96. The van der Waals surface area contributed by atoms with Gasteiger partial charge in [-0.2, -0.15) is 0 Å². The van der Waals surface area contributed by atoms with Gasteiger partial charge in [-0.15, -0.1) is 12.4 Å². The van der Waals surface area contributed by atoms with Gasteiger partial charge < -0.3 is 14.8 Å². The first kappa shape index (κ1) is 11.8. The van der Waals surface area contributed by atoms with E-state index in [0.717, 1.165) is 26.0 Å². The van der Waals surface area contributed by atoms with Crippen molar-refractivity contribution in [1.82, 2.24) is 5.32 Å². The summed E-state index contributed by atoms with van der Waals surface area (Å²) in [6.45, 7) is 1.66. The van der Waals surface area contributed by atoms with Crippen LogP contribution in [0.2, 0.25) is 0 Å². The lowest BCUT2D eigenvalue weighted by atomic mass is 10.1. The second-order valence-corrected chi connectivity index (χ2v) is 3.66. The Morgan fingerprint density at radius 3 is 2.93 bits per heavy atom. The fraction of sp³-hybridized carbons (Fsp3) is 0.889. The van der Waals surface area contributed by atoms with E-state index in [1.165, 1.54) is 7.11 Å². The number of hydrogen-bond acceptors (Lipinski definition) is 4. The van der Waals surface area contributed by atoms with Crippen molar-refractivity contribution in [3.63, 3.8) is 0 Å². The minimum absolute atomic E-state index is 0. The SMILES string of the molecule is COC(=O)C1C[C@@H]2OCCN[C@@H]2C1.Cl. The molecule has 0 aromatic carbocycles. The zero-order valence-electron chi connectivity index (χ0n) is 8.19. The zero-order chi connectivity index (χ0) is 9.26. The number of carbonyl (C=O) groups excluding carboxylic acids is 1. The minimum Gasteiger partial charge on any atom is -0.469 e. The van der Waals surface area contributed by atoms with Gasteiger partial charge in [0.25, 0.3) is 0 Å². The van der Waals surface area contributed by atoms with Gasteiger partial charge in [-0.05, 0) is 12.8 Å². The molecule has 1 aliphatic heterocycles. The Morgan fingerprint density at radius 1 is 1.50 bits per heavy atom. The molecular weight excluding hydrogens is 206 g/mol. The van der Waals surface area contributed by atoms with Crippen LogP contribution in [-0.4, -0.2) is 38.4 Å². The third-order valence-electron chi connectivity index (χ3n) is 2.88. The summed E-state index contributed by atoms with van der Waals surface area (Å²) < 4.78 is 10.3. The molecular formula is C9H16ClNO3. The van der Waals surface area contributed by atoms with Gasteiger partial charge in [0.1, 0.15) is 0 Å². The molecule has 1 aliphatic carbocycles. The molecule has 2 aliphatic rings. The van der Waals surface area contributed by atoms with Gasteiger partial charge in [-0.3, -0.25) is 4.79 Å². The summed E-state index contributed by atoms with van der Waals surface area (Å²) in [4.78, 5) is 11.3. The first-order valence-corrected chi connectivity index (χ1v) is 4.74. The number of rotatable bonds is 1. The van der Waals surface area contributed by atoms with Crippen LogP contribution in [0.1, 0.15) is 12.8 Å². The van der Waals surface area contributed by atoms with Crippen molar-refractivity contribution in [1.29, 1.82) is 0 Å². The molecule has 1 saturated heterocycles. The maximum atomic E-state index is 11.3. The topological polar surface area (TPSA) is 47.6 Å². The van der Waals surface area contributed by atoms with Crippen molar-refractivity contribution < 1.29 is 14.3 Å². The Balaban J connectivity index is 0.000000980. The van der Waals surface area contributed by atoms with E-state index in [9.17, 15) is 4.79 Å². The van der Waals surface area contributed by atoms with E-state index in [2.05, 4.69) is 5.32 Å². The van der Waals surface area contributed by atoms with Crippen LogP contribution in [0.4, 0.5) is 0 Å². The molecule has 5 heteroatoms. The van der Waals surface area contributed by atoms with Crippen LogP contribution < -0.4 is 5.32 Å². The van der Waals surface area contributed by atoms with Crippen molar-refractivity contribution in [2.24, 2.45) is 5.92 Å². The molecule has 14 heavy (non-hydrogen) atoms. The molecule has 0 spiro atoms. The van der Waals surface area contributed by atoms with Crippen molar-refractivity contribution in [2.45, 2.75) is 25.0 Å². The van der Waals surface area contributed by atoms with E-state index >= 15 is 0 Å². The highest BCUT2D eigenvalue weighted by Gasteiger charge is 2.40. The molecule has 3 atom stereocenters. The molecule has 0 aromatic rings. The average Bonchev–Trinajstić information content (AvgIpc) is 2.59. The van der Waals surface area contributed by atoms with E-state index in [1.54, 1.807) is 0 Å². The lowest BCUT2D eigenvalue weighted by Crippen LogP contribution is -2.44. The van der Waals surface area contributed by atoms with Gasteiger partial charge in [0.05, 0.1) is 25.7 Å². The molecule has 2 rings (SSSR count). The molecule has 1 N–H and O–H groups in total. The fourth-order valence-electron chi connectivity index (χ4n) is 2.21. The summed E-state index contributed by atoms with van der Waals surface area (Å²) in [6.07, 6.45) is 1.89. The van der Waals surface area contributed by atoms with Crippen LogP contribution >= 0.6 is 12.4 Å². The van der Waals surface area contributed by atoms with Crippen LogP contribution in [0.25, 0.3) is 0 Å². The normalized spacial score (nSPS) is 35.6. The van der Waals surface area contributed by atoms with Crippen LogP contribution in [0.5, 0.6) is 0 Å². The summed E-state index contributed by atoms with van der Waals surface area (Å²) in [5, 5.41) is 3.36. The fourth-order valence-corrected chi connectivity index (χ4v) is 2.21. The van der Waals surface area contributed by atoms with Gasteiger partial charge in [-0.25, -0.2) is 0 Å². The van der Waals surface area contributed by atoms with Crippen LogP contribution in [0.15, 0.2) is 0 Å². The van der Waals surface area contributed by atoms with E-state index in [0.29, 0.717) is 6.04 Å². The summed E-state index contributed by atoms with van der Waals surface area (Å²) in [5.41, 5.74) is 0. The first-order chi connectivity index (χ1) is 6.31. The standard InChI is InChI=1S/C9H15NO3.ClH/c1-12-9(11)6-4-7-8(5-6)13-3-2-10-7;/h6-8,10H,2-5H2,1H3;1H/t6?,7-,8+;/m1./s1. The Bertz CT molecular complexity index is 198. The molecule has 2 fully saturated rings. The Hall–Kier alpha value is -0.320. The second-order valence-electron chi connectivity index (χ2n) is 3.66. The molecule has 0 amide bonds. The van der Waals surface area contributed by atoms with E-state index in [-0.39, 0.29) is 30.4 Å². The maximum Gasteiger partial charge on any atom is 0.308 e. The number of ether oxygens (including phenoxy) is 2. The number of carbonyl (C=O) groups is 1. The van der Waals surface area contributed by atoms with Crippen LogP contribution in [0, 0.1) is 5.92 Å². The van der Waals surface area contributed by atoms with Crippen molar-refractivity contribution >= 4 is 18.4 Å². The molecule has 82 valence electrons. The van der Waals surface area contributed by atoms with Gasteiger partial charge in [0.15, 0.2) is 0 Å². The Morgan fingerprint density at radius 2 is 2.29 bits per heavy atom. The van der Waals surface area contributed by atoms with Crippen LogP contribution in [0.3, 0.4) is 0 Å². The first-order valence-electron chi connectivity index (χ1n) is 4.74. The Kier molecular flexibility index (Phi) is 4.16. The highest BCUT2D eigenvalue weighted by molar-refractivity contribution is 5.85. The number of esters is 1. The molecule has 4 nitrogen and oxygen atoms in total. The van der Waals surface area contributed by atoms with Crippen molar-refractivity contribution in [3.8, 4) is 0 Å². The van der Waals surface area contributed by atoms with Gasteiger partial charge in [-0.1, -0.05) is 0 Å². The largest absolute Gasteiger partial charge is 0.469 e. The highest BCUT2D eigenvalue weighted by atomic mass is 35.5. The maximum absolute atomic E-state index is 11.3. The van der Waals surface area contributed by atoms with Crippen molar-refractivity contribution in [2.75, 3.05) is 20.3 Å². The predicted molar refractivity (Wildman–Crippen MR) is 53.5 cm³/mol. The molecule has 1 unspecified atom stereocenters. The number of methoxy groups -OCH3 is 1. The van der Waals surface area contributed by atoms with Gasteiger partial charge in [0, 0.05) is 12.6 Å². The average molecular weight is 222 g/mol. The van der Waals surface area contributed by atoms with E-state index in [1.807, 2.05) is 0 Å².